The van der Waals surface area contributed by atoms with Crippen molar-refractivity contribution in [3.8, 4) is 0 Å². The molecular formula is C25H37N5O6. The number of hydrogen-bond acceptors (Lipinski definition) is 7. The fourth-order valence-corrected chi connectivity index (χ4v) is 3.62. The van der Waals surface area contributed by atoms with Gasteiger partial charge in [0.25, 0.3) is 5.91 Å². The highest BCUT2D eigenvalue weighted by molar-refractivity contribution is 6.38. The monoisotopic (exact) mass is 503 g/mol. The van der Waals surface area contributed by atoms with Crippen molar-refractivity contribution in [2.45, 2.75) is 65.0 Å². The van der Waals surface area contributed by atoms with Gasteiger partial charge in [-0.2, -0.15) is 0 Å². The molecule has 1 aromatic carbocycles. The zero-order valence-corrected chi connectivity index (χ0v) is 21.7. The molecule has 198 valence electrons. The molecule has 1 saturated heterocycles. The van der Waals surface area contributed by atoms with Crippen molar-refractivity contribution in [3.63, 3.8) is 0 Å². The second kappa shape index (κ2) is 12.5. The summed E-state index contributed by atoms with van der Waals surface area (Å²) in [4.78, 5) is 65.1. The van der Waals surface area contributed by atoms with E-state index in [-0.39, 0.29) is 19.5 Å². The number of carbonyl (C=O) groups is 5. The molecule has 11 nitrogen and oxygen atoms in total. The third-order valence-electron chi connectivity index (χ3n) is 5.51. The second-order valence-corrected chi connectivity index (χ2v) is 9.93. The summed E-state index contributed by atoms with van der Waals surface area (Å²) in [5, 5.41) is 2.62. The Morgan fingerprint density at radius 3 is 2.28 bits per heavy atom. The summed E-state index contributed by atoms with van der Waals surface area (Å²) >= 11 is 0. The largest absolute Gasteiger partial charge is 0.444 e. The molecule has 1 unspecified atom stereocenters. The van der Waals surface area contributed by atoms with Gasteiger partial charge in [-0.3, -0.25) is 29.5 Å². The normalized spacial score (nSPS) is 15.8. The van der Waals surface area contributed by atoms with Gasteiger partial charge in [0.15, 0.2) is 0 Å². The number of ether oxygens (including phenoxy) is 1. The number of nitrogens with one attached hydrogen (secondary N) is 3. The Labute approximate surface area is 211 Å². The molecular weight excluding hydrogens is 466 g/mol. The van der Waals surface area contributed by atoms with E-state index in [0.29, 0.717) is 6.54 Å². The van der Waals surface area contributed by atoms with Crippen molar-refractivity contribution >= 4 is 29.7 Å². The van der Waals surface area contributed by atoms with Gasteiger partial charge in [0.2, 0.25) is 5.91 Å². The molecule has 0 aliphatic carbocycles. The van der Waals surface area contributed by atoms with Gasteiger partial charge >= 0.3 is 17.9 Å². The van der Waals surface area contributed by atoms with Gasteiger partial charge < -0.3 is 15.0 Å². The molecule has 2 rings (SSSR count). The highest BCUT2D eigenvalue weighted by atomic mass is 16.6. The molecule has 3 N–H and O–H groups in total. The minimum atomic E-state index is -1.42. The van der Waals surface area contributed by atoms with Crippen LogP contribution in [0.25, 0.3) is 0 Å². The number of hydrazine groups is 1. The summed E-state index contributed by atoms with van der Waals surface area (Å²) in [6, 6.07) is 9.12. The maximum Gasteiger partial charge on any atom is 0.408 e. The van der Waals surface area contributed by atoms with Crippen molar-refractivity contribution in [3.05, 3.63) is 35.9 Å². The SMILES string of the molecule is CCCCN1CCN(C(=O)CNNC(=O)C(C)(Cc2ccccc2)NC(=O)OC(C)(C)C)C(=O)C1=O. The summed E-state index contributed by atoms with van der Waals surface area (Å²) < 4.78 is 5.31. The van der Waals surface area contributed by atoms with Gasteiger partial charge in [0, 0.05) is 26.1 Å². The number of unbranched alkanes of at least 4 members (excludes halogenated alkanes) is 1. The van der Waals surface area contributed by atoms with Crippen LogP contribution < -0.4 is 16.2 Å². The number of benzene rings is 1. The lowest BCUT2D eigenvalue weighted by Gasteiger charge is -2.33. The molecule has 1 atom stereocenters. The first-order valence-electron chi connectivity index (χ1n) is 12.1. The van der Waals surface area contributed by atoms with E-state index in [1.807, 2.05) is 37.3 Å². The van der Waals surface area contributed by atoms with E-state index >= 15 is 0 Å². The molecule has 1 fully saturated rings. The van der Waals surface area contributed by atoms with Crippen molar-refractivity contribution < 1.29 is 28.7 Å². The number of rotatable bonds is 10. The summed E-state index contributed by atoms with van der Waals surface area (Å²) in [6.07, 6.45) is 1.05. The van der Waals surface area contributed by atoms with E-state index < -0.39 is 47.4 Å². The third-order valence-corrected chi connectivity index (χ3v) is 5.51. The first-order chi connectivity index (χ1) is 16.9. The lowest BCUT2D eigenvalue weighted by Crippen LogP contribution is -2.62. The zero-order chi connectivity index (χ0) is 26.9. The Morgan fingerprint density at radius 1 is 1.00 bits per heavy atom. The van der Waals surface area contributed by atoms with Gasteiger partial charge in [-0.05, 0) is 39.7 Å². The van der Waals surface area contributed by atoms with Crippen molar-refractivity contribution in [2.24, 2.45) is 0 Å². The van der Waals surface area contributed by atoms with Crippen molar-refractivity contribution in [1.82, 2.24) is 26.0 Å². The number of piperazine rings is 1. The smallest absolute Gasteiger partial charge is 0.408 e. The maximum atomic E-state index is 13.1. The van der Waals surface area contributed by atoms with Crippen molar-refractivity contribution in [1.29, 1.82) is 0 Å². The molecule has 36 heavy (non-hydrogen) atoms. The molecule has 0 spiro atoms. The summed E-state index contributed by atoms with van der Waals surface area (Å²) in [6.45, 7) is 9.10. The van der Waals surface area contributed by atoms with E-state index in [2.05, 4.69) is 16.2 Å². The number of carbonyl (C=O) groups excluding carboxylic acids is 5. The van der Waals surface area contributed by atoms with Gasteiger partial charge in [0.05, 0.1) is 6.54 Å². The highest BCUT2D eigenvalue weighted by Crippen LogP contribution is 2.16. The van der Waals surface area contributed by atoms with Crippen LogP contribution in [0.2, 0.25) is 0 Å². The molecule has 0 saturated carbocycles. The molecule has 1 aliphatic heterocycles. The summed E-state index contributed by atoms with van der Waals surface area (Å²) in [5.41, 5.74) is 3.56. The van der Waals surface area contributed by atoms with E-state index in [9.17, 15) is 24.0 Å². The van der Waals surface area contributed by atoms with E-state index in [0.717, 1.165) is 23.3 Å². The van der Waals surface area contributed by atoms with Crippen LogP contribution in [0, 0.1) is 0 Å². The Kier molecular flexibility index (Phi) is 9.97. The predicted octanol–water partition coefficient (Wildman–Crippen LogP) is 1.13. The molecule has 5 amide bonds. The number of hydrogen-bond donors (Lipinski definition) is 3. The maximum absolute atomic E-state index is 13.1. The molecule has 11 heteroatoms. The van der Waals surface area contributed by atoms with Crippen LogP contribution in [-0.2, 0) is 30.3 Å². The summed E-state index contributed by atoms with van der Waals surface area (Å²) in [7, 11) is 0. The number of imide groups is 1. The average molecular weight is 504 g/mol. The van der Waals surface area contributed by atoms with Gasteiger partial charge in [0.1, 0.15) is 11.1 Å². The Bertz CT molecular complexity index is 961. The quantitative estimate of drug-likeness (QED) is 0.322. The lowest BCUT2D eigenvalue weighted by molar-refractivity contribution is -0.161. The second-order valence-electron chi connectivity index (χ2n) is 9.93. The Morgan fingerprint density at radius 2 is 1.67 bits per heavy atom. The third kappa shape index (κ3) is 8.33. The fourth-order valence-electron chi connectivity index (χ4n) is 3.62. The first kappa shape index (κ1) is 28.8. The van der Waals surface area contributed by atoms with Crippen LogP contribution in [0.15, 0.2) is 30.3 Å². The Balaban J connectivity index is 1.99. The van der Waals surface area contributed by atoms with Crippen LogP contribution in [-0.4, -0.2) is 76.8 Å². The molecule has 0 radical (unpaired) electrons. The number of amides is 5. The number of alkyl carbamates (subject to hydrolysis) is 1. The van der Waals surface area contributed by atoms with Crippen LogP contribution in [0.5, 0.6) is 0 Å². The predicted molar refractivity (Wildman–Crippen MR) is 132 cm³/mol. The van der Waals surface area contributed by atoms with Crippen LogP contribution >= 0.6 is 0 Å². The van der Waals surface area contributed by atoms with Gasteiger partial charge in [-0.1, -0.05) is 43.7 Å². The fraction of sp³-hybridized carbons (Fsp3) is 0.560. The van der Waals surface area contributed by atoms with Crippen LogP contribution in [0.3, 0.4) is 0 Å². The highest BCUT2D eigenvalue weighted by Gasteiger charge is 2.38. The van der Waals surface area contributed by atoms with Crippen LogP contribution in [0.4, 0.5) is 4.79 Å². The molecule has 0 bridgehead atoms. The molecule has 1 heterocycles. The molecule has 0 aromatic heterocycles. The molecule has 1 aromatic rings. The lowest BCUT2D eigenvalue weighted by atomic mass is 9.92. The van der Waals surface area contributed by atoms with E-state index in [1.54, 1.807) is 27.7 Å². The first-order valence-corrected chi connectivity index (χ1v) is 12.1. The van der Waals surface area contributed by atoms with Crippen LogP contribution in [0.1, 0.15) is 53.0 Å². The van der Waals surface area contributed by atoms with Gasteiger partial charge in [-0.25, -0.2) is 10.2 Å². The zero-order valence-electron chi connectivity index (χ0n) is 21.7. The topological polar surface area (TPSA) is 137 Å². The Hall–Kier alpha value is -3.47. The summed E-state index contributed by atoms with van der Waals surface area (Å²) in [5.74, 6) is -2.84. The minimum absolute atomic E-state index is 0.0919. The molecule has 1 aliphatic rings. The average Bonchev–Trinajstić information content (AvgIpc) is 2.79. The van der Waals surface area contributed by atoms with E-state index in [1.165, 1.54) is 4.90 Å². The van der Waals surface area contributed by atoms with Gasteiger partial charge in [-0.15, -0.1) is 0 Å². The minimum Gasteiger partial charge on any atom is -0.444 e. The standard InChI is InChI=1S/C25H37N5O6/c1-6-7-13-29-14-15-30(21(33)20(29)32)19(31)17-26-28-22(34)25(5,16-18-11-9-8-10-12-18)27-23(35)36-24(2,3)4/h8-12,26H,6-7,13-17H2,1-5H3,(H,27,35)(H,28,34). The van der Waals surface area contributed by atoms with Crippen molar-refractivity contribution in [2.75, 3.05) is 26.2 Å². The van der Waals surface area contributed by atoms with E-state index in [4.69, 9.17) is 4.74 Å². The number of nitrogens with zero attached hydrogens (tertiary/aromatic N) is 2.